The lowest BCUT2D eigenvalue weighted by atomic mass is 10.3. The summed E-state index contributed by atoms with van der Waals surface area (Å²) in [7, 11) is -3.99. The van der Waals surface area contributed by atoms with Crippen molar-refractivity contribution in [2.45, 2.75) is 18.4 Å². The second kappa shape index (κ2) is 9.89. The van der Waals surface area contributed by atoms with Crippen LogP contribution in [0, 0.1) is 0 Å². The molecule has 2 aromatic carbocycles. The van der Waals surface area contributed by atoms with E-state index in [-0.39, 0.29) is 18.0 Å². The predicted molar refractivity (Wildman–Crippen MR) is 115 cm³/mol. The van der Waals surface area contributed by atoms with Crippen LogP contribution in [0.15, 0.2) is 84.0 Å². The van der Waals surface area contributed by atoms with E-state index in [4.69, 9.17) is 4.74 Å². The number of amides is 1. The quantitative estimate of drug-likeness (QED) is 0.569. The summed E-state index contributed by atoms with van der Waals surface area (Å²) in [5.41, 5.74) is 1.12. The number of sulfonamides is 1. The molecule has 0 unspecified atom stereocenters. The van der Waals surface area contributed by atoms with E-state index in [0.29, 0.717) is 18.0 Å². The van der Waals surface area contributed by atoms with Crippen molar-refractivity contribution >= 4 is 21.6 Å². The number of carbonyl (C=O) groups is 1. The minimum absolute atomic E-state index is 0.0939. The molecule has 0 spiro atoms. The molecule has 3 aromatic rings. The average molecular weight is 426 g/mol. The van der Waals surface area contributed by atoms with Gasteiger partial charge in [0.15, 0.2) is 0 Å². The lowest BCUT2D eigenvalue weighted by molar-refractivity contribution is -0.119. The molecule has 1 heterocycles. The Labute approximate surface area is 176 Å². The molecule has 8 heteroatoms. The van der Waals surface area contributed by atoms with Crippen LogP contribution in [0.3, 0.4) is 0 Å². The van der Waals surface area contributed by atoms with Crippen molar-refractivity contribution in [1.29, 1.82) is 0 Å². The van der Waals surface area contributed by atoms with Gasteiger partial charge in [0.1, 0.15) is 12.3 Å². The molecule has 7 nitrogen and oxygen atoms in total. The van der Waals surface area contributed by atoms with Gasteiger partial charge in [-0.25, -0.2) is 8.42 Å². The van der Waals surface area contributed by atoms with Gasteiger partial charge in [0.25, 0.3) is 10.0 Å². The van der Waals surface area contributed by atoms with Crippen LogP contribution in [0.2, 0.25) is 0 Å². The maximum absolute atomic E-state index is 13.4. The number of carbonyl (C=O) groups excluding carboxylic acids is 1. The summed E-state index contributed by atoms with van der Waals surface area (Å²) in [6.45, 7) is 2.04. The van der Waals surface area contributed by atoms with Gasteiger partial charge in [0, 0.05) is 18.9 Å². The highest BCUT2D eigenvalue weighted by molar-refractivity contribution is 7.92. The summed E-state index contributed by atoms with van der Waals surface area (Å²) in [5.74, 6) is -0.0516. The van der Waals surface area contributed by atoms with Gasteiger partial charge in [0.05, 0.1) is 17.2 Å². The number of benzene rings is 2. The number of hydrogen-bond acceptors (Lipinski definition) is 5. The maximum atomic E-state index is 13.4. The number of rotatable bonds is 9. The van der Waals surface area contributed by atoms with E-state index >= 15 is 0 Å². The SMILES string of the molecule is CCOc1ccccc1N(CC(=O)NCc1cccnc1)S(=O)(=O)c1ccccc1. The third-order valence-corrected chi connectivity index (χ3v) is 6.04. The smallest absolute Gasteiger partial charge is 0.264 e. The second-order valence-electron chi connectivity index (χ2n) is 6.36. The summed E-state index contributed by atoms with van der Waals surface area (Å²) in [5, 5.41) is 2.75. The van der Waals surface area contributed by atoms with Gasteiger partial charge in [-0.2, -0.15) is 0 Å². The lowest BCUT2D eigenvalue weighted by Crippen LogP contribution is -2.40. The van der Waals surface area contributed by atoms with Crippen LogP contribution in [-0.2, 0) is 21.4 Å². The third-order valence-electron chi connectivity index (χ3n) is 4.26. The van der Waals surface area contributed by atoms with Gasteiger partial charge in [0.2, 0.25) is 5.91 Å². The molecular weight excluding hydrogens is 402 g/mol. The first-order valence-electron chi connectivity index (χ1n) is 9.47. The number of pyridine rings is 1. The number of nitrogens with zero attached hydrogens (tertiary/aromatic N) is 2. The zero-order chi connectivity index (χ0) is 21.4. The molecule has 0 atom stereocenters. The molecule has 0 saturated carbocycles. The van der Waals surface area contributed by atoms with Gasteiger partial charge < -0.3 is 10.1 Å². The summed E-state index contributed by atoms with van der Waals surface area (Å²) >= 11 is 0. The number of anilines is 1. The molecule has 0 aliphatic carbocycles. The van der Waals surface area contributed by atoms with Crippen LogP contribution in [0.5, 0.6) is 5.75 Å². The molecule has 0 fully saturated rings. The highest BCUT2D eigenvalue weighted by atomic mass is 32.2. The van der Waals surface area contributed by atoms with Crippen LogP contribution in [0.1, 0.15) is 12.5 Å². The standard InChI is InChI=1S/C22H23N3O4S/c1-2-29-21-13-7-6-12-20(21)25(30(27,28)19-10-4-3-5-11-19)17-22(26)24-16-18-9-8-14-23-15-18/h3-15H,2,16-17H2,1H3,(H,24,26). The Morgan fingerprint density at radius 1 is 1.03 bits per heavy atom. The van der Waals surface area contributed by atoms with Gasteiger partial charge in [-0.3, -0.25) is 14.1 Å². The Hall–Kier alpha value is -3.39. The van der Waals surface area contributed by atoms with Gasteiger partial charge in [-0.15, -0.1) is 0 Å². The summed E-state index contributed by atoms with van der Waals surface area (Å²) < 4.78 is 33.4. The molecule has 0 radical (unpaired) electrons. The molecule has 1 N–H and O–H groups in total. The van der Waals surface area contributed by atoms with E-state index in [1.54, 1.807) is 60.9 Å². The number of para-hydroxylation sites is 2. The Bertz CT molecular complexity index is 1070. The Morgan fingerprint density at radius 3 is 2.47 bits per heavy atom. The largest absolute Gasteiger partial charge is 0.492 e. The molecular formula is C22H23N3O4S. The van der Waals surface area contributed by atoms with Crippen LogP contribution in [0.25, 0.3) is 0 Å². The number of aromatic nitrogens is 1. The Balaban J connectivity index is 1.91. The molecule has 30 heavy (non-hydrogen) atoms. The minimum Gasteiger partial charge on any atom is -0.492 e. The highest BCUT2D eigenvalue weighted by Crippen LogP contribution is 2.32. The minimum atomic E-state index is -3.99. The first kappa shape index (κ1) is 21.3. The van der Waals surface area contributed by atoms with Crippen molar-refractivity contribution in [3.63, 3.8) is 0 Å². The van der Waals surface area contributed by atoms with Crippen molar-refractivity contribution in [2.75, 3.05) is 17.5 Å². The van der Waals surface area contributed by atoms with Crippen LogP contribution >= 0.6 is 0 Å². The fourth-order valence-electron chi connectivity index (χ4n) is 2.85. The number of nitrogens with one attached hydrogen (secondary N) is 1. The topological polar surface area (TPSA) is 88.6 Å². The second-order valence-corrected chi connectivity index (χ2v) is 8.23. The highest BCUT2D eigenvalue weighted by Gasteiger charge is 2.29. The Morgan fingerprint density at radius 2 is 1.77 bits per heavy atom. The summed E-state index contributed by atoms with van der Waals surface area (Å²) in [4.78, 5) is 16.8. The van der Waals surface area contributed by atoms with Crippen molar-refractivity contribution in [3.05, 3.63) is 84.7 Å². The molecule has 0 saturated heterocycles. The van der Waals surface area contributed by atoms with Crippen LogP contribution in [-0.4, -0.2) is 32.5 Å². The molecule has 3 rings (SSSR count). The first-order chi connectivity index (χ1) is 14.5. The van der Waals surface area contributed by atoms with Crippen LogP contribution < -0.4 is 14.4 Å². The maximum Gasteiger partial charge on any atom is 0.264 e. The van der Waals surface area contributed by atoms with Gasteiger partial charge in [-0.05, 0) is 42.8 Å². The van der Waals surface area contributed by atoms with Crippen molar-refractivity contribution in [3.8, 4) is 5.75 Å². The molecule has 1 aromatic heterocycles. The van der Waals surface area contributed by atoms with E-state index in [9.17, 15) is 13.2 Å². The fraction of sp³-hybridized carbons (Fsp3) is 0.182. The van der Waals surface area contributed by atoms with E-state index in [1.165, 1.54) is 12.1 Å². The first-order valence-corrected chi connectivity index (χ1v) is 10.9. The third kappa shape index (κ3) is 5.15. The predicted octanol–water partition coefficient (Wildman–Crippen LogP) is 2.99. The van der Waals surface area contributed by atoms with E-state index in [1.807, 2.05) is 13.0 Å². The zero-order valence-electron chi connectivity index (χ0n) is 16.6. The monoisotopic (exact) mass is 425 g/mol. The summed E-state index contributed by atoms with van der Waals surface area (Å²) in [6, 6.07) is 18.4. The molecule has 1 amide bonds. The Kier molecular flexibility index (Phi) is 7.03. The number of ether oxygens (including phenoxy) is 1. The van der Waals surface area contributed by atoms with Gasteiger partial charge >= 0.3 is 0 Å². The zero-order valence-corrected chi connectivity index (χ0v) is 17.4. The molecule has 0 aliphatic heterocycles. The molecule has 0 aliphatic rings. The summed E-state index contributed by atoms with van der Waals surface area (Å²) in [6.07, 6.45) is 3.29. The fourth-order valence-corrected chi connectivity index (χ4v) is 4.30. The normalized spacial score (nSPS) is 11.0. The van der Waals surface area contributed by atoms with Crippen LogP contribution in [0.4, 0.5) is 5.69 Å². The molecule has 0 bridgehead atoms. The van der Waals surface area contributed by atoms with Crippen molar-refractivity contribution in [1.82, 2.24) is 10.3 Å². The lowest BCUT2D eigenvalue weighted by Gasteiger charge is -2.26. The van der Waals surface area contributed by atoms with E-state index < -0.39 is 15.9 Å². The van der Waals surface area contributed by atoms with Gasteiger partial charge in [-0.1, -0.05) is 36.4 Å². The molecule has 156 valence electrons. The van der Waals surface area contributed by atoms with E-state index in [2.05, 4.69) is 10.3 Å². The average Bonchev–Trinajstić information content (AvgIpc) is 2.78. The van der Waals surface area contributed by atoms with E-state index in [0.717, 1.165) is 9.87 Å². The van der Waals surface area contributed by atoms with Crippen molar-refractivity contribution in [2.24, 2.45) is 0 Å². The number of hydrogen-bond donors (Lipinski definition) is 1. The van der Waals surface area contributed by atoms with Crippen molar-refractivity contribution < 1.29 is 17.9 Å².